The summed E-state index contributed by atoms with van der Waals surface area (Å²) in [6.07, 6.45) is -3.98. The highest BCUT2D eigenvalue weighted by Gasteiger charge is 2.39. The van der Waals surface area contributed by atoms with E-state index < -0.39 is 30.3 Å². The Balaban J connectivity index is 2.70. The second-order valence-electron chi connectivity index (χ2n) is 2.72. The summed E-state index contributed by atoms with van der Waals surface area (Å²) < 4.78 is 0. The number of carbonyl (C=O) groups excluding carboxylic acids is 1. The number of amides is 1. The van der Waals surface area contributed by atoms with E-state index in [1.807, 2.05) is 0 Å². The Labute approximate surface area is 63.7 Å². The molecule has 5 heteroatoms. The van der Waals surface area contributed by atoms with Crippen LogP contribution >= 0.6 is 0 Å². The van der Waals surface area contributed by atoms with Gasteiger partial charge in [-0.15, -0.1) is 0 Å². The topological polar surface area (TPSA) is 89.8 Å². The number of piperidine rings is 1. The third-order valence-electron chi connectivity index (χ3n) is 1.82. The molecule has 0 spiro atoms. The Bertz CT molecular complexity index is 172. The summed E-state index contributed by atoms with van der Waals surface area (Å²) in [4.78, 5) is 10.7. The minimum atomic E-state index is -1.51. The van der Waals surface area contributed by atoms with E-state index in [0.717, 1.165) is 0 Å². The number of aliphatic hydroxyl groups excluding tert-OH is 3. The summed E-state index contributed by atoms with van der Waals surface area (Å²) in [5.41, 5.74) is 0. The molecule has 0 aromatic heterocycles. The molecule has 0 radical (unpaired) electrons. The molecule has 0 aromatic rings. The number of hydrogen-bond acceptors (Lipinski definition) is 4. The summed E-state index contributed by atoms with van der Waals surface area (Å²) in [5.74, 6) is -0.643. The molecule has 4 N–H and O–H groups in total. The standard InChI is InChI=1S/C6H11NO4/c1-2-3(8)4(9)5(10)6(11)7-2/h2-5,8-10H,1H3,(H,7,11)/t2-,3-,4+,5+/m0/s1. The maximum Gasteiger partial charge on any atom is 0.251 e. The van der Waals surface area contributed by atoms with Crippen molar-refractivity contribution >= 4 is 5.91 Å². The van der Waals surface area contributed by atoms with Gasteiger partial charge >= 0.3 is 0 Å². The molecule has 1 saturated heterocycles. The monoisotopic (exact) mass is 161 g/mol. The predicted octanol–water partition coefficient (Wildman–Crippen LogP) is -2.41. The Morgan fingerprint density at radius 1 is 1.27 bits per heavy atom. The van der Waals surface area contributed by atoms with Crippen molar-refractivity contribution in [2.75, 3.05) is 0 Å². The molecular weight excluding hydrogens is 150 g/mol. The fraction of sp³-hybridized carbons (Fsp3) is 0.833. The molecule has 1 aliphatic heterocycles. The van der Waals surface area contributed by atoms with Gasteiger partial charge in [-0.2, -0.15) is 0 Å². The Morgan fingerprint density at radius 3 is 2.36 bits per heavy atom. The van der Waals surface area contributed by atoms with Crippen molar-refractivity contribution in [1.82, 2.24) is 5.32 Å². The molecule has 1 rings (SSSR count). The van der Waals surface area contributed by atoms with Crippen LogP contribution in [0.3, 0.4) is 0 Å². The van der Waals surface area contributed by atoms with Crippen molar-refractivity contribution in [3.8, 4) is 0 Å². The van der Waals surface area contributed by atoms with Gasteiger partial charge in [-0.25, -0.2) is 0 Å². The lowest BCUT2D eigenvalue weighted by molar-refractivity contribution is -0.152. The highest BCUT2D eigenvalue weighted by atomic mass is 16.4. The van der Waals surface area contributed by atoms with Gasteiger partial charge in [-0.3, -0.25) is 4.79 Å². The first-order valence-electron chi connectivity index (χ1n) is 3.38. The van der Waals surface area contributed by atoms with Gasteiger partial charge in [0.15, 0.2) is 6.10 Å². The molecule has 4 atom stereocenters. The SMILES string of the molecule is C[C@@H]1NC(=O)[C@H](O)[C@H](O)[C@H]1O. The zero-order valence-corrected chi connectivity index (χ0v) is 6.06. The lowest BCUT2D eigenvalue weighted by Crippen LogP contribution is -2.61. The zero-order chi connectivity index (χ0) is 8.59. The van der Waals surface area contributed by atoms with Crippen molar-refractivity contribution in [1.29, 1.82) is 0 Å². The molecule has 1 fully saturated rings. The number of nitrogens with one attached hydrogen (secondary N) is 1. The first kappa shape index (κ1) is 8.45. The molecule has 0 unspecified atom stereocenters. The van der Waals surface area contributed by atoms with Crippen LogP contribution in [0.2, 0.25) is 0 Å². The maximum atomic E-state index is 10.7. The van der Waals surface area contributed by atoms with Crippen molar-refractivity contribution in [3.63, 3.8) is 0 Å². The van der Waals surface area contributed by atoms with Gasteiger partial charge in [0.1, 0.15) is 12.2 Å². The Hall–Kier alpha value is -0.650. The molecule has 0 aromatic carbocycles. The van der Waals surface area contributed by atoms with Crippen LogP contribution in [0.1, 0.15) is 6.92 Å². The highest BCUT2D eigenvalue weighted by molar-refractivity contribution is 5.82. The Morgan fingerprint density at radius 2 is 1.82 bits per heavy atom. The second-order valence-corrected chi connectivity index (χ2v) is 2.72. The normalized spacial score (nSPS) is 45.3. The summed E-state index contributed by atoms with van der Waals surface area (Å²) in [6, 6.07) is -0.513. The van der Waals surface area contributed by atoms with Crippen LogP contribution in [0.25, 0.3) is 0 Å². The number of hydrogen-bond donors (Lipinski definition) is 4. The lowest BCUT2D eigenvalue weighted by Gasteiger charge is -2.33. The van der Waals surface area contributed by atoms with Crippen LogP contribution in [-0.4, -0.2) is 45.6 Å². The van der Waals surface area contributed by atoms with Crippen molar-refractivity contribution < 1.29 is 20.1 Å². The van der Waals surface area contributed by atoms with Crippen LogP contribution in [-0.2, 0) is 4.79 Å². The molecular formula is C6H11NO4. The van der Waals surface area contributed by atoms with Gasteiger partial charge < -0.3 is 20.6 Å². The van der Waals surface area contributed by atoms with Crippen molar-refractivity contribution in [3.05, 3.63) is 0 Å². The van der Waals surface area contributed by atoms with Crippen LogP contribution in [0, 0.1) is 0 Å². The van der Waals surface area contributed by atoms with Gasteiger partial charge in [-0.05, 0) is 6.92 Å². The highest BCUT2D eigenvalue weighted by Crippen LogP contribution is 2.10. The van der Waals surface area contributed by atoms with Gasteiger partial charge in [0.25, 0.3) is 5.91 Å². The van der Waals surface area contributed by atoms with E-state index in [9.17, 15) is 4.79 Å². The zero-order valence-electron chi connectivity index (χ0n) is 6.06. The molecule has 0 bridgehead atoms. The number of rotatable bonds is 0. The first-order chi connectivity index (χ1) is 5.04. The molecule has 1 heterocycles. The van der Waals surface area contributed by atoms with E-state index in [-0.39, 0.29) is 0 Å². The molecule has 5 nitrogen and oxygen atoms in total. The molecule has 1 aliphatic rings. The maximum absolute atomic E-state index is 10.7. The summed E-state index contributed by atoms with van der Waals surface area (Å²) >= 11 is 0. The van der Waals surface area contributed by atoms with Gasteiger partial charge in [-0.1, -0.05) is 0 Å². The lowest BCUT2D eigenvalue weighted by atomic mass is 9.97. The second kappa shape index (κ2) is 2.77. The number of carbonyl (C=O) groups is 1. The minimum Gasteiger partial charge on any atom is -0.388 e. The summed E-state index contributed by atoms with van der Waals surface area (Å²) in [5, 5.41) is 29.4. The van der Waals surface area contributed by atoms with Gasteiger partial charge in [0, 0.05) is 0 Å². The van der Waals surface area contributed by atoms with E-state index in [2.05, 4.69) is 5.32 Å². The quantitative estimate of drug-likeness (QED) is 0.318. The Kier molecular flexibility index (Phi) is 2.12. The van der Waals surface area contributed by atoms with Crippen LogP contribution in [0.4, 0.5) is 0 Å². The molecule has 0 aliphatic carbocycles. The van der Waals surface area contributed by atoms with Crippen molar-refractivity contribution in [2.45, 2.75) is 31.3 Å². The largest absolute Gasteiger partial charge is 0.388 e. The molecule has 64 valence electrons. The third kappa shape index (κ3) is 1.35. The van der Waals surface area contributed by atoms with Crippen LogP contribution < -0.4 is 5.32 Å². The average Bonchev–Trinajstić information content (AvgIpc) is 1.97. The van der Waals surface area contributed by atoms with Crippen LogP contribution in [0.5, 0.6) is 0 Å². The predicted molar refractivity (Wildman–Crippen MR) is 35.6 cm³/mol. The van der Waals surface area contributed by atoms with Crippen LogP contribution in [0.15, 0.2) is 0 Å². The van der Waals surface area contributed by atoms with E-state index in [4.69, 9.17) is 15.3 Å². The van der Waals surface area contributed by atoms with Gasteiger partial charge in [0.2, 0.25) is 0 Å². The summed E-state index contributed by atoms with van der Waals surface area (Å²) in [6.45, 7) is 1.55. The summed E-state index contributed by atoms with van der Waals surface area (Å²) in [7, 11) is 0. The molecule has 1 amide bonds. The number of aliphatic hydroxyl groups is 3. The minimum absolute atomic E-state index is 0.513. The smallest absolute Gasteiger partial charge is 0.251 e. The van der Waals surface area contributed by atoms with E-state index in [0.29, 0.717) is 0 Å². The fourth-order valence-corrected chi connectivity index (χ4v) is 1.03. The van der Waals surface area contributed by atoms with E-state index >= 15 is 0 Å². The van der Waals surface area contributed by atoms with E-state index in [1.54, 1.807) is 6.92 Å². The van der Waals surface area contributed by atoms with E-state index in [1.165, 1.54) is 0 Å². The molecule has 0 saturated carbocycles. The first-order valence-corrected chi connectivity index (χ1v) is 3.38. The fourth-order valence-electron chi connectivity index (χ4n) is 1.03. The third-order valence-corrected chi connectivity index (χ3v) is 1.82. The molecule has 11 heavy (non-hydrogen) atoms. The van der Waals surface area contributed by atoms with Gasteiger partial charge in [0.05, 0.1) is 6.04 Å². The average molecular weight is 161 g/mol. The van der Waals surface area contributed by atoms with Crippen molar-refractivity contribution in [2.24, 2.45) is 0 Å².